The summed E-state index contributed by atoms with van der Waals surface area (Å²) >= 11 is 0. The van der Waals surface area contributed by atoms with E-state index >= 15 is 0 Å². The second-order valence-electron chi connectivity index (χ2n) is 7.05. The highest BCUT2D eigenvalue weighted by Crippen LogP contribution is 2.23. The second-order valence-corrected chi connectivity index (χ2v) is 8.92. The fraction of sp³-hybridized carbons (Fsp3) is 0.611. The number of sulfonamides is 1. The summed E-state index contributed by atoms with van der Waals surface area (Å²) in [4.78, 5) is 17.7. The van der Waals surface area contributed by atoms with Crippen LogP contribution in [0, 0.1) is 11.6 Å². The number of hydrogen-bond acceptors (Lipinski definition) is 5. The molecule has 7 nitrogen and oxygen atoms in total. The minimum atomic E-state index is -4.28. The van der Waals surface area contributed by atoms with Gasteiger partial charge in [-0.2, -0.15) is 4.31 Å². The van der Waals surface area contributed by atoms with Gasteiger partial charge in [0.2, 0.25) is 15.9 Å². The lowest BCUT2D eigenvalue weighted by atomic mass is 10.3. The van der Waals surface area contributed by atoms with Crippen molar-refractivity contribution in [3.05, 3.63) is 29.8 Å². The van der Waals surface area contributed by atoms with Crippen molar-refractivity contribution in [2.75, 3.05) is 65.4 Å². The molecule has 156 valence electrons. The summed E-state index contributed by atoms with van der Waals surface area (Å²) in [5.74, 6) is -2.26. The van der Waals surface area contributed by atoms with Crippen LogP contribution in [0.1, 0.15) is 6.92 Å². The molecule has 2 heterocycles. The molecule has 0 bridgehead atoms. The summed E-state index contributed by atoms with van der Waals surface area (Å²) in [6.07, 6.45) is 0. The zero-order valence-corrected chi connectivity index (χ0v) is 16.8. The number of likely N-dealkylation sites (N-methyl/N-ethyl adjacent to an activating group) is 1. The van der Waals surface area contributed by atoms with Crippen molar-refractivity contribution in [3.8, 4) is 0 Å². The van der Waals surface area contributed by atoms with Crippen LogP contribution >= 0.6 is 0 Å². The van der Waals surface area contributed by atoms with E-state index in [1.807, 2.05) is 0 Å². The Hall–Kier alpha value is -1.62. The van der Waals surface area contributed by atoms with E-state index in [0.717, 1.165) is 55.2 Å². The van der Waals surface area contributed by atoms with E-state index in [0.29, 0.717) is 6.54 Å². The van der Waals surface area contributed by atoms with Crippen molar-refractivity contribution in [1.82, 2.24) is 19.0 Å². The molecule has 0 aromatic heterocycles. The molecule has 1 aromatic carbocycles. The van der Waals surface area contributed by atoms with Gasteiger partial charge < -0.3 is 9.80 Å². The van der Waals surface area contributed by atoms with Gasteiger partial charge in [0.25, 0.3) is 0 Å². The van der Waals surface area contributed by atoms with Gasteiger partial charge in [-0.3, -0.25) is 9.69 Å². The Morgan fingerprint density at radius 3 is 2.00 bits per heavy atom. The van der Waals surface area contributed by atoms with Gasteiger partial charge in [0.1, 0.15) is 11.6 Å². The number of halogens is 2. The molecule has 28 heavy (non-hydrogen) atoms. The van der Waals surface area contributed by atoms with Crippen LogP contribution in [0.4, 0.5) is 8.78 Å². The van der Waals surface area contributed by atoms with E-state index in [-0.39, 0.29) is 32.1 Å². The van der Waals surface area contributed by atoms with Gasteiger partial charge in [-0.1, -0.05) is 13.0 Å². The lowest BCUT2D eigenvalue weighted by molar-refractivity contribution is -0.134. The van der Waals surface area contributed by atoms with Crippen molar-refractivity contribution in [3.63, 3.8) is 0 Å². The Morgan fingerprint density at radius 2 is 1.46 bits per heavy atom. The Bertz CT molecular complexity index is 785. The summed E-state index contributed by atoms with van der Waals surface area (Å²) in [6, 6.07) is 2.97. The third-order valence-corrected chi connectivity index (χ3v) is 7.33. The van der Waals surface area contributed by atoms with Crippen molar-refractivity contribution in [1.29, 1.82) is 0 Å². The average Bonchev–Trinajstić information content (AvgIpc) is 2.68. The minimum absolute atomic E-state index is 0.0193. The van der Waals surface area contributed by atoms with Crippen LogP contribution in [0.5, 0.6) is 0 Å². The van der Waals surface area contributed by atoms with Crippen LogP contribution in [0.2, 0.25) is 0 Å². The molecule has 0 aliphatic carbocycles. The Balaban J connectivity index is 1.56. The molecule has 10 heteroatoms. The van der Waals surface area contributed by atoms with Crippen LogP contribution in [-0.2, 0) is 14.8 Å². The number of hydrogen-bond donors (Lipinski definition) is 0. The SMILES string of the molecule is CCN1CCN(CC(=O)N2CCN(S(=O)(=O)c3c(F)cccc3F)CC2)CC1. The van der Waals surface area contributed by atoms with Gasteiger partial charge in [0.15, 0.2) is 4.90 Å². The number of carbonyl (C=O) groups is 1. The topological polar surface area (TPSA) is 64.2 Å². The van der Waals surface area contributed by atoms with E-state index in [2.05, 4.69) is 16.7 Å². The van der Waals surface area contributed by atoms with Crippen molar-refractivity contribution >= 4 is 15.9 Å². The molecule has 0 unspecified atom stereocenters. The van der Waals surface area contributed by atoms with Gasteiger partial charge in [0.05, 0.1) is 6.54 Å². The minimum Gasteiger partial charge on any atom is -0.339 e. The molecular weight excluding hydrogens is 390 g/mol. The quantitative estimate of drug-likeness (QED) is 0.697. The Labute approximate surface area is 164 Å². The number of rotatable bonds is 5. The van der Waals surface area contributed by atoms with E-state index in [4.69, 9.17) is 0 Å². The second kappa shape index (κ2) is 8.81. The van der Waals surface area contributed by atoms with Crippen LogP contribution in [-0.4, -0.2) is 98.8 Å². The van der Waals surface area contributed by atoms with Crippen LogP contribution in [0.3, 0.4) is 0 Å². The fourth-order valence-electron chi connectivity index (χ4n) is 3.59. The highest BCUT2D eigenvalue weighted by molar-refractivity contribution is 7.89. The van der Waals surface area contributed by atoms with Crippen molar-refractivity contribution in [2.24, 2.45) is 0 Å². The zero-order chi connectivity index (χ0) is 20.3. The molecule has 0 radical (unpaired) electrons. The monoisotopic (exact) mass is 416 g/mol. The van der Waals surface area contributed by atoms with Gasteiger partial charge in [-0.05, 0) is 18.7 Å². The lowest BCUT2D eigenvalue weighted by Gasteiger charge is -2.37. The van der Waals surface area contributed by atoms with E-state index in [9.17, 15) is 22.0 Å². The smallest absolute Gasteiger partial charge is 0.249 e. The third kappa shape index (κ3) is 4.51. The number of piperazine rings is 2. The first-order chi connectivity index (χ1) is 13.3. The summed E-state index contributed by atoms with van der Waals surface area (Å²) < 4.78 is 54.1. The number of benzene rings is 1. The first kappa shape index (κ1) is 21.1. The van der Waals surface area contributed by atoms with Gasteiger partial charge in [0, 0.05) is 52.4 Å². The van der Waals surface area contributed by atoms with Crippen molar-refractivity contribution < 1.29 is 22.0 Å². The average molecular weight is 416 g/mol. The largest absolute Gasteiger partial charge is 0.339 e. The molecule has 2 aliphatic heterocycles. The lowest BCUT2D eigenvalue weighted by Crippen LogP contribution is -2.54. The standard InChI is InChI=1S/C18H26F2N4O3S/c1-2-21-6-8-22(9-7-21)14-17(25)23-10-12-24(13-11-23)28(26,27)18-15(19)4-3-5-16(18)20/h3-5H,2,6-14H2,1H3. The highest BCUT2D eigenvalue weighted by atomic mass is 32.2. The number of nitrogens with zero attached hydrogens (tertiary/aromatic N) is 4. The maximum atomic E-state index is 13.9. The summed E-state index contributed by atoms with van der Waals surface area (Å²) in [7, 11) is -4.28. The van der Waals surface area contributed by atoms with Gasteiger partial charge in [-0.15, -0.1) is 0 Å². The van der Waals surface area contributed by atoms with Crippen LogP contribution in [0.15, 0.2) is 23.1 Å². The molecule has 0 N–H and O–H groups in total. The molecule has 2 saturated heterocycles. The maximum Gasteiger partial charge on any atom is 0.249 e. The van der Waals surface area contributed by atoms with Gasteiger partial charge >= 0.3 is 0 Å². The molecule has 3 rings (SSSR count). The molecule has 1 aromatic rings. The van der Waals surface area contributed by atoms with Gasteiger partial charge in [-0.25, -0.2) is 17.2 Å². The predicted octanol–water partition coefficient (Wildman–Crippen LogP) is 0.435. The van der Waals surface area contributed by atoms with E-state index in [1.165, 1.54) is 0 Å². The third-order valence-electron chi connectivity index (χ3n) is 5.38. The van der Waals surface area contributed by atoms with Crippen molar-refractivity contribution in [2.45, 2.75) is 11.8 Å². The molecule has 1 amide bonds. The predicted molar refractivity (Wildman–Crippen MR) is 100 cm³/mol. The Kier molecular flexibility index (Phi) is 6.64. The molecule has 0 saturated carbocycles. The fourth-order valence-corrected chi connectivity index (χ4v) is 5.12. The van der Waals surface area contributed by atoms with E-state index < -0.39 is 26.6 Å². The summed E-state index contributed by atoms with van der Waals surface area (Å²) in [5, 5.41) is 0. The maximum absolute atomic E-state index is 13.9. The van der Waals surface area contributed by atoms with Crippen LogP contribution in [0.25, 0.3) is 0 Å². The number of amides is 1. The summed E-state index contributed by atoms with van der Waals surface area (Å²) in [6.45, 7) is 7.42. The molecule has 2 fully saturated rings. The molecule has 0 atom stereocenters. The normalized spacial score (nSPS) is 20.5. The van der Waals surface area contributed by atoms with Crippen LogP contribution < -0.4 is 0 Å². The first-order valence-electron chi connectivity index (χ1n) is 9.49. The zero-order valence-electron chi connectivity index (χ0n) is 16.0. The Morgan fingerprint density at radius 1 is 0.929 bits per heavy atom. The number of carbonyl (C=O) groups excluding carboxylic acids is 1. The first-order valence-corrected chi connectivity index (χ1v) is 10.9. The highest BCUT2D eigenvalue weighted by Gasteiger charge is 2.34. The van der Waals surface area contributed by atoms with E-state index in [1.54, 1.807) is 4.90 Å². The molecule has 0 spiro atoms. The molecular formula is C18H26F2N4O3S. The molecule has 2 aliphatic rings. The summed E-state index contributed by atoms with van der Waals surface area (Å²) in [5.41, 5.74) is 0.